The normalized spacial score (nSPS) is 10.4. The minimum absolute atomic E-state index is 0.245. The summed E-state index contributed by atoms with van der Waals surface area (Å²) in [4.78, 5) is 15.9. The SMILES string of the molecule is O=C(Nc1cc(Br)ccc1-n1cncn1)c1ccco1. The van der Waals surface area contributed by atoms with Gasteiger partial charge in [-0.1, -0.05) is 15.9 Å². The molecule has 3 aromatic rings. The number of nitrogens with one attached hydrogen (secondary N) is 1. The van der Waals surface area contributed by atoms with E-state index in [2.05, 4.69) is 31.3 Å². The van der Waals surface area contributed by atoms with E-state index in [1.807, 2.05) is 12.1 Å². The minimum Gasteiger partial charge on any atom is -0.459 e. The average Bonchev–Trinajstić information content (AvgIpc) is 3.12. The summed E-state index contributed by atoms with van der Waals surface area (Å²) in [6.45, 7) is 0. The summed E-state index contributed by atoms with van der Waals surface area (Å²) in [5, 5.41) is 6.85. The Morgan fingerprint density at radius 3 is 2.95 bits per heavy atom. The molecular formula is C13H9BrN4O2. The van der Waals surface area contributed by atoms with Crippen LogP contribution in [0.1, 0.15) is 10.6 Å². The average molecular weight is 333 g/mol. The zero-order valence-corrected chi connectivity index (χ0v) is 11.7. The molecule has 0 aliphatic rings. The van der Waals surface area contributed by atoms with Crippen LogP contribution < -0.4 is 5.32 Å². The van der Waals surface area contributed by atoms with Crippen LogP contribution in [-0.4, -0.2) is 20.7 Å². The molecule has 0 saturated carbocycles. The van der Waals surface area contributed by atoms with Gasteiger partial charge in [-0.25, -0.2) is 9.67 Å². The highest BCUT2D eigenvalue weighted by Gasteiger charge is 2.13. The number of aromatic nitrogens is 3. The summed E-state index contributed by atoms with van der Waals surface area (Å²) in [6.07, 6.45) is 4.44. The van der Waals surface area contributed by atoms with Crippen molar-refractivity contribution < 1.29 is 9.21 Å². The van der Waals surface area contributed by atoms with Crippen LogP contribution in [0.4, 0.5) is 5.69 Å². The molecule has 3 rings (SSSR count). The van der Waals surface area contributed by atoms with Gasteiger partial charge in [-0.2, -0.15) is 5.10 Å². The number of nitrogens with zero attached hydrogens (tertiary/aromatic N) is 3. The van der Waals surface area contributed by atoms with Gasteiger partial charge in [-0.15, -0.1) is 0 Å². The third-order valence-corrected chi connectivity index (χ3v) is 3.11. The first-order valence-corrected chi connectivity index (χ1v) is 6.53. The number of halogens is 1. The first kappa shape index (κ1) is 12.6. The lowest BCUT2D eigenvalue weighted by atomic mass is 10.2. The molecule has 2 aromatic heterocycles. The highest BCUT2D eigenvalue weighted by Crippen LogP contribution is 2.24. The van der Waals surface area contributed by atoms with Gasteiger partial charge in [0.2, 0.25) is 0 Å². The largest absolute Gasteiger partial charge is 0.459 e. The molecule has 0 atom stereocenters. The summed E-state index contributed by atoms with van der Waals surface area (Å²) >= 11 is 3.38. The first-order chi connectivity index (χ1) is 9.74. The molecule has 0 saturated heterocycles. The predicted molar refractivity (Wildman–Crippen MR) is 75.7 cm³/mol. The van der Waals surface area contributed by atoms with Crippen molar-refractivity contribution in [2.75, 3.05) is 5.32 Å². The van der Waals surface area contributed by atoms with E-state index in [1.54, 1.807) is 29.2 Å². The summed E-state index contributed by atoms with van der Waals surface area (Å²) < 4.78 is 7.49. The van der Waals surface area contributed by atoms with Crippen LogP contribution in [0.5, 0.6) is 0 Å². The number of amides is 1. The van der Waals surface area contributed by atoms with Crippen LogP contribution in [0.2, 0.25) is 0 Å². The van der Waals surface area contributed by atoms with Crippen molar-refractivity contribution in [3.05, 3.63) is 59.5 Å². The van der Waals surface area contributed by atoms with Crippen molar-refractivity contribution in [2.24, 2.45) is 0 Å². The smallest absolute Gasteiger partial charge is 0.291 e. The van der Waals surface area contributed by atoms with Crippen LogP contribution in [0.3, 0.4) is 0 Å². The van der Waals surface area contributed by atoms with Crippen molar-refractivity contribution in [3.8, 4) is 5.69 Å². The molecule has 1 amide bonds. The first-order valence-electron chi connectivity index (χ1n) is 5.73. The molecule has 0 unspecified atom stereocenters. The monoisotopic (exact) mass is 332 g/mol. The van der Waals surface area contributed by atoms with Crippen LogP contribution in [0.25, 0.3) is 5.69 Å². The molecule has 0 radical (unpaired) electrons. The van der Waals surface area contributed by atoms with Crippen molar-refractivity contribution in [1.82, 2.24) is 14.8 Å². The number of anilines is 1. The maximum atomic E-state index is 12.0. The molecule has 7 heteroatoms. The van der Waals surface area contributed by atoms with Crippen LogP contribution in [0.15, 0.2) is 58.1 Å². The fraction of sp³-hybridized carbons (Fsp3) is 0. The van der Waals surface area contributed by atoms with Crippen molar-refractivity contribution >= 4 is 27.5 Å². The molecule has 20 heavy (non-hydrogen) atoms. The Kier molecular flexibility index (Phi) is 3.34. The Hall–Kier alpha value is -2.41. The summed E-state index contributed by atoms with van der Waals surface area (Å²) in [6, 6.07) is 8.74. The topological polar surface area (TPSA) is 73.0 Å². The van der Waals surface area contributed by atoms with Gasteiger partial charge in [-0.3, -0.25) is 4.79 Å². The van der Waals surface area contributed by atoms with Crippen LogP contribution in [-0.2, 0) is 0 Å². The number of carbonyl (C=O) groups is 1. The van der Waals surface area contributed by atoms with E-state index < -0.39 is 0 Å². The highest BCUT2D eigenvalue weighted by atomic mass is 79.9. The standard InChI is InChI=1S/C13H9BrN4O2/c14-9-3-4-11(18-8-15-7-16-18)10(6-9)17-13(19)12-2-1-5-20-12/h1-8H,(H,17,19). The van der Waals surface area contributed by atoms with E-state index in [9.17, 15) is 4.79 Å². The zero-order chi connectivity index (χ0) is 13.9. The number of hydrogen-bond acceptors (Lipinski definition) is 4. The molecular weight excluding hydrogens is 324 g/mol. The second-order valence-corrected chi connectivity index (χ2v) is 4.85. The predicted octanol–water partition coefficient (Wildman–Crippen LogP) is 2.88. The van der Waals surface area contributed by atoms with E-state index in [1.165, 1.54) is 12.6 Å². The Morgan fingerprint density at radius 2 is 2.25 bits per heavy atom. The molecule has 100 valence electrons. The second kappa shape index (κ2) is 5.30. The van der Waals surface area contributed by atoms with Gasteiger partial charge < -0.3 is 9.73 Å². The molecule has 0 bridgehead atoms. The van der Waals surface area contributed by atoms with Gasteiger partial charge >= 0.3 is 0 Å². The number of carbonyl (C=O) groups excluding carboxylic acids is 1. The number of hydrogen-bond donors (Lipinski definition) is 1. The van der Waals surface area contributed by atoms with E-state index in [4.69, 9.17) is 4.42 Å². The molecule has 1 N–H and O–H groups in total. The third kappa shape index (κ3) is 2.48. The fourth-order valence-electron chi connectivity index (χ4n) is 1.73. The third-order valence-electron chi connectivity index (χ3n) is 2.62. The Labute approximate surface area is 122 Å². The highest BCUT2D eigenvalue weighted by molar-refractivity contribution is 9.10. The summed E-state index contributed by atoms with van der Waals surface area (Å²) in [5.74, 6) is -0.0796. The lowest BCUT2D eigenvalue weighted by Gasteiger charge is -2.10. The van der Waals surface area contributed by atoms with Crippen LogP contribution in [0, 0.1) is 0 Å². The Balaban J connectivity index is 1.96. The zero-order valence-electron chi connectivity index (χ0n) is 10.2. The van der Waals surface area contributed by atoms with Gasteiger partial charge in [-0.05, 0) is 30.3 Å². The maximum absolute atomic E-state index is 12.0. The number of benzene rings is 1. The summed E-state index contributed by atoms with van der Waals surface area (Å²) in [7, 11) is 0. The lowest BCUT2D eigenvalue weighted by Crippen LogP contribution is -2.13. The number of rotatable bonds is 3. The maximum Gasteiger partial charge on any atom is 0.291 e. The quantitative estimate of drug-likeness (QED) is 0.800. The molecule has 0 aliphatic heterocycles. The lowest BCUT2D eigenvalue weighted by molar-refractivity contribution is 0.0996. The van der Waals surface area contributed by atoms with Gasteiger partial charge in [0.05, 0.1) is 17.6 Å². The van der Waals surface area contributed by atoms with Crippen molar-refractivity contribution in [1.29, 1.82) is 0 Å². The molecule has 0 fully saturated rings. The Morgan fingerprint density at radius 1 is 1.35 bits per heavy atom. The van der Waals surface area contributed by atoms with Crippen molar-refractivity contribution in [2.45, 2.75) is 0 Å². The molecule has 2 heterocycles. The molecule has 0 aliphatic carbocycles. The van der Waals surface area contributed by atoms with E-state index >= 15 is 0 Å². The van der Waals surface area contributed by atoms with E-state index in [-0.39, 0.29) is 11.7 Å². The Bertz CT molecular complexity index is 723. The van der Waals surface area contributed by atoms with Crippen LogP contribution >= 0.6 is 15.9 Å². The minimum atomic E-state index is -0.325. The van der Waals surface area contributed by atoms with E-state index in [0.29, 0.717) is 11.4 Å². The van der Waals surface area contributed by atoms with Gasteiger partial charge in [0.25, 0.3) is 5.91 Å². The molecule has 0 spiro atoms. The van der Waals surface area contributed by atoms with Gasteiger partial charge in [0, 0.05) is 4.47 Å². The number of furan rings is 1. The van der Waals surface area contributed by atoms with Gasteiger partial charge in [0.1, 0.15) is 12.7 Å². The van der Waals surface area contributed by atoms with E-state index in [0.717, 1.165) is 4.47 Å². The summed E-state index contributed by atoms with van der Waals surface area (Å²) in [5.41, 5.74) is 1.32. The van der Waals surface area contributed by atoms with Crippen molar-refractivity contribution in [3.63, 3.8) is 0 Å². The molecule has 1 aromatic carbocycles. The second-order valence-electron chi connectivity index (χ2n) is 3.93. The molecule has 6 nitrogen and oxygen atoms in total. The fourth-order valence-corrected chi connectivity index (χ4v) is 2.09. The van der Waals surface area contributed by atoms with Gasteiger partial charge in [0.15, 0.2) is 5.76 Å².